The van der Waals surface area contributed by atoms with Crippen LogP contribution in [0.3, 0.4) is 0 Å². The Labute approximate surface area is 110 Å². The standard InChI is InChI=1S/C15H26O3/c1-14(8-9-14)6-2-4-13(17)5-3-7-15(10-11-15)18-12-16/h12-13,17H,2-11H2,1H3. The molecule has 0 spiro atoms. The van der Waals surface area contributed by atoms with Gasteiger partial charge in [-0.3, -0.25) is 4.79 Å². The molecule has 2 fully saturated rings. The van der Waals surface area contributed by atoms with Crippen molar-refractivity contribution in [3.63, 3.8) is 0 Å². The van der Waals surface area contributed by atoms with Crippen LogP contribution in [0.5, 0.6) is 0 Å². The zero-order valence-electron chi connectivity index (χ0n) is 11.5. The van der Waals surface area contributed by atoms with Crippen LogP contribution in [0.25, 0.3) is 0 Å². The van der Waals surface area contributed by atoms with Crippen molar-refractivity contribution in [1.29, 1.82) is 0 Å². The number of ether oxygens (including phenoxy) is 1. The molecule has 0 amide bonds. The molecule has 0 heterocycles. The van der Waals surface area contributed by atoms with Crippen LogP contribution in [0.15, 0.2) is 0 Å². The fourth-order valence-corrected chi connectivity index (χ4v) is 2.70. The van der Waals surface area contributed by atoms with Gasteiger partial charge in [0.1, 0.15) is 5.60 Å². The van der Waals surface area contributed by atoms with E-state index >= 15 is 0 Å². The Morgan fingerprint density at radius 3 is 2.28 bits per heavy atom. The van der Waals surface area contributed by atoms with Crippen molar-refractivity contribution >= 4 is 6.47 Å². The maximum atomic E-state index is 10.3. The zero-order valence-corrected chi connectivity index (χ0v) is 11.5. The molecule has 2 aliphatic rings. The minimum absolute atomic E-state index is 0.150. The molecular formula is C15H26O3. The smallest absolute Gasteiger partial charge is 0.293 e. The Balaban J connectivity index is 1.49. The molecular weight excluding hydrogens is 228 g/mol. The Kier molecular flexibility index (Phi) is 4.31. The van der Waals surface area contributed by atoms with Gasteiger partial charge in [0, 0.05) is 0 Å². The molecule has 3 heteroatoms. The van der Waals surface area contributed by atoms with Crippen LogP contribution in [0.4, 0.5) is 0 Å². The molecule has 0 aromatic carbocycles. The summed E-state index contributed by atoms with van der Waals surface area (Å²) in [5.74, 6) is 0. The maximum absolute atomic E-state index is 10.3. The van der Waals surface area contributed by atoms with Crippen LogP contribution in [0.1, 0.15) is 71.1 Å². The van der Waals surface area contributed by atoms with Crippen LogP contribution < -0.4 is 0 Å². The number of carbonyl (C=O) groups is 1. The molecule has 1 N–H and O–H groups in total. The predicted molar refractivity (Wildman–Crippen MR) is 70.2 cm³/mol. The molecule has 2 aliphatic carbocycles. The van der Waals surface area contributed by atoms with Crippen LogP contribution in [0.2, 0.25) is 0 Å². The van der Waals surface area contributed by atoms with E-state index in [9.17, 15) is 9.90 Å². The second kappa shape index (κ2) is 5.60. The average molecular weight is 254 g/mol. The first-order valence-corrected chi connectivity index (χ1v) is 7.37. The summed E-state index contributed by atoms with van der Waals surface area (Å²) in [6, 6.07) is 0. The zero-order chi connectivity index (χ0) is 13.1. The van der Waals surface area contributed by atoms with E-state index in [-0.39, 0.29) is 11.7 Å². The largest absolute Gasteiger partial charge is 0.461 e. The average Bonchev–Trinajstić information content (AvgIpc) is 3.21. The lowest BCUT2D eigenvalue weighted by molar-refractivity contribution is -0.135. The fourth-order valence-electron chi connectivity index (χ4n) is 2.70. The summed E-state index contributed by atoms with van der Waals surface area (Å²) in [4.78, 5) is 10.3. The molecule has 1 unspecified atom stereocenters. The molecule has 0 saturated heterocycles. The predicted octanol–water partition coefficient (Wildman–Crippen LogP) is 3.19. The highest BCUT2D eigenvalue weighted by Gasteiger charge is 2.44. The lowest BCUT2D eigenvalue weighted by atomic mass is 9.98. The van der Waals surface area contributed by atoms with Crippen LogP contribution in [-0.4, -0.2) is 23.3 Å². The third-order valence-electron chi connectivity index (χ3n) is 4.70. The molecule has 3 nitrogen and oxygen atoms in total. The number of aliphatic hydroxyl groups excluding tert-OH is 1. The monoisotopic (exact) mass is 254 g/mol. The quantitative estimate of drug-likeness (QED) is 0.609. The highest BCUT2D eigenvalue weighted by molar-refractivity contribution is 5.39. The number of aliphatic hydroxyl groups is 1. The van der Waals surface area contributed by atoms with Crippen molar-refractivity contribution in [3.05, 3.63) is 0 Å². The first-order valence-electron chi connectivity index (χ1n) is 7.37. The summed E-state index contributed by atoms with van der Waals surface area (Å²) in [6.45, 7) is 2.91. The first kappa shape index (κ1) is 13.9. The normalized spacial score (nSPS) is 24.3. The SMILES string of the molecule is CC1(CCCC(O)CCCC2(OC=O)CC2)CC1. The molecule has 0 aliphatic heterocycles. The van der Waals surface area contributed by atoms with Gasteiger partial charge < -0.3 is 9.84 Å². The van der Waals surface area contributed by atoms with E-state index in [1.165, 1.54) is 19.3 Å². The summed E-state index contributed by atoms with van der Waals surface area (Å²) >= 11 is 0. The lowest BCUT2D eigenvalue weighted by Gasteiger charge is -2.15. The van der Waals surface area contributed by atoms with Crippen molar-refractivity contribution in [1.82, 2.24) is 0 Å². The van der Waals surface area contributed by atoms with Crippen molar-refractivity contribution in [3.8, 4) is 0 Å². The number of rotatable bonds is 10. The van der Waals surface area contributed by atoms with Crippen LogP contribution in [0, 0.1) is 5.41 Å². The molecule has 2 rings (SSSR count). The van der Waals surface area contributed by atoms with Gasteiger partial charge in [0.25, 0.3) is 6.47 Å². The van der Waals surface area contributed by atoms with Crippen molar-refractivity contribution < 1.29 is 14.6 Å². The Morgan fingerprint density at radius 2 is 1.78 bits per heavy atom. The van der Waals surface area contributed by atoms with Gasteiger partial charge >= 0.3 is 0 Å². The summed E-state index contributed by atoms with van der Waals surface area (Å²) in [7, 11) is 0. The minimum atomic E-state index is -0.167. The molecule has 0 aromatic rings. The molecule has 0 radical (unpaired) electrons. The fraction of sp³-hybridized carbons (Fsp3) is 0.933. The molecule has 0 bridgehead atoms. The topological polar surface area (TPSA) is 46.5 Å². The lowest BCUT2D eigenvalue weighted by Crippen LogP contribution is -2.15. The molecule has 18 heavy (non-hydrogen) atoms. The van der Waals surface area contributed by atoms with Crippen molar-refractivity contribution in [2.24, 2.45) is 5.41 Å². The molecule has 2 saturated carbocycles. The van der Waals surface area contributed by atoms with Gasteiger partial charge in [0.15, 0.2) is 0 Å². The molecule has 104 valence electrons. The van der Waals surface area contributed by atoms with E-state index in [0.717, 1.165) is 44.9 Å². The van der Waals surface area contributed by atoms with Gasteiger partial charge in [-0.05, 0) is 63.2 Å². The van der Waals surface area contributed by atoms with E-state index in [0.29, 0.717) is 11.9 Å². The van der Waals surface area contributed by atoms with Gasteiger partial charge in [-0.1, -0.05) is 13.3 Å². The first-order chi connectivity index (χ1) is 8.58. The highest BCUT2D eigenvalue weighted by Crippen LogP contribution is 2.49. The summed E-state index contributed by atoms with van der Waals surface area (Å²) in [6.07, 6.45) is 10.6. The summed E-state index contributed by atoms with van der Waals surface area (Å²) in [5.41, 5.74) is 0.457. The van der Waals surface area contributed by atoms with E-state index < -0.39 is 0 Å². The number of hydrogen-bond acceptors (Lipinski definition) is 3. The van der Waals surface area contributed by atoms with E-state index in [1.54, 1.807) is 0 Å². The summed E-state index contributed by atoms with van der Waals surface area (Å²) < 4.78 is 5.09. The summed E-state index contributed by atoms with van der Waals surface area (Å²) in [5, 5.41) is 9.90. The second-order valence-electron chi connectivity index (χ2n) is 6.65. The molecule has 0 aromatic heterocycles. The van der Waals surface area contributed by atoms with Crippen molar-refractivity contribution in [2.45, 2.75) is 82.8 Å². The van der Waals surface area contributed by atoms with Crippen LogP contribution in [-0.2, 0) is 9.53 Å². The second-order valence-corrected chi connectivity index (χ2v) is 6.65. The van der Waals surface area contributed by atoms with E-state index in [1.807, 2.05) is 0 Å². The van der Waals surface area contributed by atoms with Gasteiger partial charge in [0.2, 0.25) is 0 Å². The van der Waals surface area contributed by atoms with Gasteiger partial charge in [0.05, 0.1) is 6.10 Å². The van der Waals surface area contributed by atoms with Crippen molar-refractivity contribution in [2.75, 3.05) is 0 Å². The third kappa shape index (κ3) is 4.27. The maximum Gasteiger partial charge on any atom is 0.293 e. The van der Waals surface area contributed by atoms with E-state index in [4.69, 9.17) is 4.74 Å². The number of hydrogen-bond donors (Lipinski definition) is 1. The van der Waals surface area contributed by atoms with Gasteiger partial charge in [-0.2, -0.15) is 0 Å². The van der Waals surface area contributed by atoms with Gasteiger partial charge in [-0.25, -0.2) is 0 Å². The Morgan fingerprint density at radius 1 is 1.17 bits per heavy atom. The molecule has 1 atom stereocenters. The van der Waals surface area contributed by atoms with E-state index in [2.05, 4.69) is 6.92 Å². The highest BCUT2D eigenvalue weighted by atomic mass is 16.5. The Hall–Kier alpha value is -0.570. The van der Waals surface area contributed by atoms with Crippen LogP contribution >= 0.6 is 0 Å². The minimum Gasteiger partial charge on any atom is -0.461 e. The van der Waals surface area contributed by atoms with Gasteiger partial charge in [-0.15, -0.1) is 0 Å². The third-order valence-corrected chi connectivity index (χ3v) is 4.70. The Bertz CT molecular complexity index is 279. The number of carbonyl (C=O) groups excluding carboxylic acids is 1.